The molecule has 3 nitrogen and oxygen atoms in total. The molecule has 3 rings (SSSR count). The number of anilines is 1. The molecule has 1 N–H and O–H groups in total. The van der Waals surface area contributed by atoms with Gasteiger partial charge >= 0.3 is 0 Å². The van der Waals surface area contributed by atoms with Crippen molar-refractivity contribution in [1.29, 1.82) is 0 Å². The smallest absolute Gasteiger partial charge is 0.141 e. The first-order valence-electron chi connectivity index (χ1n) is 7.46. The predicted octanol–water partition coefficient (Wildman–Crippen LogP) is 3.28. The van der Waals surface area contributed by atoms with Crippen LogP contribution in [0.3, 0.4) is 0 Å². The minimum Gasteiger partial charge on any atom is -0.361 e. The summed E-state index contributed by atoms with van der Waals surface area (Å²) in [6, 6.07) is 11.9. The maximum atomic E-state index is 13.1. The van der Waals surface area contributed by atoms with Crippen LogP contribution in [0.2, 0.25) is 0 Å². The lowest BCUT2D eigenvalue weighted by molar-refractivity contribution is 0.569. The molecular formula is C17H20FN3. The van der Waals surface area contributed by atoms with Gasteiger partial charge in [0, 0.05) is 25.3 Å². The highest BCUT2D eigenvalue weighted by molar-refractivity contribution is 5.55. The minimum atomic E-state index is -0.286. The summed E-state index contributed by atoms with van der Waals surface area (Å²) in [6.45, 7) is 4.90. The molecule has 0 fully saturated rings. The Morgan fingerprint density at radius 3 is 2.90 bits per heavy atom. The number of rotatable bonds is 3. The summed E-state index contributed by atoms with van der Waals surface area (Å²) in [5, 5.41) is 3.45. The summed E-state index contributed by atoms with van der Waals surface area (Å²) < 4.78 is 13.1. The molecule has 0 amide bonds. The topological polar surface area (TPSA) is 28.2 Å². The minimum absolute atomic E-state index is 0.173. The van der Waals surface area contributed by atoms with Crippen molar-refractivity contribution in [1.82, 2.24) is 10.3 Å². The van der Waals surface area contributed by atoms with Crippen molar-refractivity contribution < 1.29 is 4.39 Å². The van der Waals surface area contributed by atoms with Gasteiger partial charge in [-0.25, -0.2) is 4.39 Å². The standard InChI is InChI=1S/C17H20FN3/c1-2-16(15-8-7-14(18)12-20-15)21-10-9-19-11-13-5-3-4-6-17(13)21/h3-8,12,16,19H,2,9-11H2,1H3. The highest BCUT2D eigenvalue weighted by Gasteiger charge is 2.23. The number of para-hydroxylation sites is 1. The lowest BCUT2D eigenvalue weighted by atomic mass is 10.1. The number of nitrogens with one attached hydrogen (secondary N) is 1. The fourth-order valence-electron chi connectivity index (χ4n) is 2.98. The van der Waals surface area contributed by atoms with Gasteiger partial charge in [-0.2, -0.15) is 0 Å². The Hall–Kier alpha value is -1.94. The van der Waals surface area contributed by atoms with Gasteiger partial charge in [-0.3, -0.25) is 4.98 Å². The third-order valence-electron chi connectivity index (χ3n) is 4.00. The van der Waals surface area contributed by atoms with E-state index in [0.29, 0.717) is 0 Å². The number of fused-ring (bicyclic) bond motifs is 1. The summed E-state index contributed by atoms with van der Waals surface area (Å²) in [6.07, 6.45) is 2.24. The zero-order chi connectivity index (χ0) is 14.7. The lowest BCUT2D eigenvalue weighted by Crippen LogP contribution is -2.33. The van der Waals surface area contributed by atoms with Crippen molar-refractivity contribution in [2.75, 3.05) is 18.0 Å². The van der Waals surface area contributed by atoms with Crippen molar-refractivity contribution in [2.45, 2.75) is 25.9 Å². The average molecular weight is 285 g/mol. The van der Waals surface area contributed by atoms with E-state index in [0.717, 1.165) is 31.7 Å². The number of nitrogens with zero attached hydrogens (tertiary/aromatic N) is 2. The largest absolute Gasteiger partial charge is 0.361 e. The van der Waals surface area contributed by atoms with Crippen LogP contribution in [0.15, 0.2) is 42.6 Å². The molecule has 2 aromatic rings. The van der Waals surface area contributed by atoms with Crippen LogP contribution in [0, 0.1) is 5.82 Å². The molecule has 0 spiro atoms. The molecule has 0 bridgehead atoms. The molecule has 110 valence electrons. The SMILES string of the molecule is CCC(c1ccc(F)cn1)N1CCNCc2ccccc21. The molecule has 0 radical (unpaired) electrons. The zero-order valence-corrected chi connectivity index (χ0v) is 12.2. The summed E-state index contributed by atoms with van der Waals surface area (Å²) in [7, 11) is 0. The van der Waals surface area contributed by atoms with Crippen molar-refractivity contribution >= 4 is 5.69 Å². The maximum Gasteiger partial charge on any atom is 0.141 e. The molecule has 4 heteroatoms. The molecule has 0 saturated heterocycles. The van der Waals surface area contributed by atoms with E-state index in [1.54, 1.807) is 6.07 Å². The molecule has 0 aliphatic carbocycles. The summed E-state index contributed by atoms with van der Waals surface area (Å²) in [5.41, 5.74) is 3.48. The van der Waals surface area contributed by atoms with Gasteiger partial charge in [0.05, 0.1) is 17.9 Å². The zero-order valence-electron chi connectivity index (χ0n) is 12.2. The van der Waals surface area contributed by atoms with Gasteiger partial charge in [-0.1, -0.05) is 25.1 Å². The van der Waals surface area contributed by atoms with Crippen LogP contribution in [0.1, 0.15) is 30.6 Å². The normalized spacial score (nSPS) is 16.2. The Balaban J connectivity index is 1.98. The monoisotopic (exact) mass is 285 g/mol. The second kappa shape index (κ2) is 6.22. The van der Waals surface area contributed by atoms with Crippen molar-refractivity contribution in [2.24, 2.45) is 0 Å². The van der Waals surface area contributed by atoms with E-state index in [9.17, 15) is 4.39 Å². The van der Waals surface area contributed by atoms with E-state index < -0.39 is 0 Å². The molecule has 21 heavy (non-hydrogen) atoms. The molecule has 1 aliphatic rings. The van der Waals surface area contributed by atoms with E-state index in [2.05, 4.69) is 46.4 Å². The number of benzene rings is 1. The van der Waals surface area contributed by atoms with Crippen LogP contribution in [-0.2, 0) is 6.54 Å². The van der Waals surface area contributed by atoms with E-state index in [1.165, 1.54) is 23.5 Å². The molecule has 0 saturated carbocycles. The molecule has 1 unspecified atom stereocenters. The molecular weight excluding hydrogens is 265 g/mol. The first kappa shape index (κ1) is 14.0. The van der Waals surface area contributed by atoms with Crippen molar-refractivity contribution in [3.63, 3.8) is 0 Å². The van der Waals surface area contributed by atoms with Gasteiger partial charge < -0.3 is 10.2 Å². The van der Waals surface area contributed by atoms with Crippen LogP contribution < -0.4 is 10.2 Å². The average Bonchev–Trinajstić information content (AvgIpc) is 2.73. The molecule has 1 atom stereocenters. The van der Waals surface area contributed by atoms with Crippen LogP contribution in [-0.4, -0.2) is 18.1 Å². The predicted molar refractivity (Wildman–Crippen MR) is 82.7 cm³/mol. The van der Waals surface area contributed by atoms with Crippen LogP contribution in [0.25, 0.3) is 0 Å². The Kier molecular flexibility index (Phi) is 4.15. The van der Waals surface area contributed by atoms with Crippen LogP contribution in [0.5, 0.6) is 0 Å². The second-order valence-electron chi connectivity index (χ2n) is 5.32. The Labute approximate surface area is 124 Å². The fourth-order valence-corrected chi connectivity index (χ4v) is 2.98. The Morgan fingerprint density at radius 1 is 1.29 bits per heavy atom. The Morgan fingerprint density at radius 2 is 2.14 bits per heavy atom. The van der Waals surface area contributed by atoms with E-state index in [4.69, 9.17) is 0 Å². The van der Waals surface area contributed by atoms with Gasteiger partial charge in [0.15, 0.2) is 0 Å². The highest BCUT2D eigenvalue weighted by atomic mass is 19.1. The molecule has 2 heterocycles. The second-order valence-corrected chi connectivity index (χ2v) is 5.32. The summed E-state index contributed by atoms with van der Waals surface area (Å²) in [5.74, 6) is -0.286. The summed E-state index contributed by atoms with van der Waals surface area (Å²) >= 11 is 0. The Bertz CT molecular complexity index is 597. The van der Waals surface area contributed by atoms with Crippen molar-refractivity contribution in [3.8, 4) is 0 Å². The van der Waals surface area contributed by atoms with E-state index >= 15 is 0 Å². The first-order valence-corrected chi connectivity index (χ1v) is 7.46. The third-order valence-corrected chi connectivity index (χ3v) is 4.00. The summed E-state index contributed by atoms with van der Waals surface area (Å²) in [4.78, 5) is 6.68. The van der Waals surface area contributed by atoms with Gasteiger partial charge in [0.2, 0.25) is 0 Å². The number of pyridine rings is 1. The highest BCUT2D eigenvalue weighted by Crippen LogP contribution is 2.32. The van der Waals surface area contributed by atoms with Gasteiger partial charge in [0.1, 0.15) is 5.82 Å². The van der Waals surface area contributed by atoms with E-state index in [-0.39, 0.29) is 11.9 Å². The van der Waals surface area contributed by atoms with Gasteiger partial charge in [-0.05, 0) is 30.2 Å². The molecule has 1 aromatic heterocycles. The van der Waals surface area contributed by atoms with Gasteiger partial charge in [-0.15, -0.1) is 0 Å². The number of hydrogen-bond donors (Lipinski definition) is 1. The lowest BCUT2D eigenvalue weighted by Gasteiger charge is -2.32. The quantitative estimate of drug-likeness (QED) is 0.938. The first-order chi connectivity index (χ1) is 10.3. The fraction of sp³-hybridized carbons (Fsp3) is 0.353. The van der Waals surface area contributed by atoms with Crippen LogP contribution in [0.4, 0.5) is 10.1 Å². The third kappa shape index (κ3) is 2.90. The molecule has 1 aromatic carbocycles. The number of aromatic nitrogens is 1. The van der Waals surface area contributed by atoms with E-state index in [1.807, 2.05) is 0 Å². The van der Waals surface area contributed by atoms with Crippen LogP contribution >= 0.6 is 0 Å². The maximum absolute atomic E-state index is 13.1. The number of hydrogen-bond acceptors (Lipinski definition) is 3. The van der Waals surface area contributed by atoms with Gasteiger partial charge in [0.25, 0.3) is 0 Å². The molecule has 1 aliphatic heterocycles. The number of halogens is 1. The van der Waals surface area contributed by atoms with Crippen molar-refractivity contribution in [3.05, 3.63) is 59.7 Å².